The average molecular weight is 234 g/mol. The maximum atomic E-state index is 12.1. The monoisotopic (exact) mass is 234 g/mol. The Labute approximate surface area is 89.4 Å². The largest absolute Gasteiger partial charge is 0.573 e. The van der Waals surface area contributed by atoms with E-state index in [0.29, 0.717) is 0 Å². The molecule has 0 atom stereocenters. The predicted molar refractivity (Wildman–Crippen MR) is 47.8 cm³/mol. The van der Waals surface area contributed by atoms with Crippen molar-refractivity contribution >= 4 is 0 Å². The second kappa shape index (κ2) is 3.64. The number of ether oxygens (including phenoxy) is 2. The second-order valence-corrected chi connectivity index (χ2v) is 3.57. The molecular formula is C10H9F3O3. The van der Waals surface area contributed by atoms with Gasteiger partial charge >= 0.3 is 6.36 Å². The van der Waals surface area contributed by atoms with Crippen LogP contribution in [0.2, 0.25) is 0 Å². The number of benzene rings is 1. The van der Waals surface area contributed by atoms with E-state index in [0.717, 1.165) is 0 Å². The molecule has 0 bridgehead atoms. The maximum Gasteiger partial charge on any atom is 0.573 e. The number of rotatable bonds is 2. The van der Waals surface area contributed by atoms with Crippen molar-refractivity contribution < 1.29 is 27.8 Å². The highest BCUT2D eigenvalue weighted by Gasteiger charge is 2.42. The smallest absolute Gasteiger partial charge is 0.405 e. The lowest BCUT2D eigenvalue weighted by molar-refractivity contribution is -0.276. The first-order valence-electron chi connectivity index (χ1n) is 4.56. The molecule has 16 heavy (non-hydrogen) atoms. The summed E-state index contributed by atoms with van der Waals surface area (Å²) in [4.78, 5) is 0. The zero-order valence-electron chi connectivity index (χ0n) is 8.12. The van der Waals surface area contributed by atoms with E-state index < -0.39 is 12.0 Å². The molecule has 6 heteroatoms. The van der Waals surface area contributed by atoms with Crippen LogP contribution in [0.15, 0.2) is 24.3 Å². The molecule has 1 N–H and O–H groups in total. The summed E-state index contributed by atoms with van der Waals surface area (Å²) in [5.41, 5.74) is -1.28. The first kappa shape index (κ1) is 11.2. The Morgan fingerprint density at radius 1 is 1.25 bits per heavy atom. The zero-order valence-corrected chi connectivity index (χ0v) is 8.12. The van der Waals surface area contributed by atoms with E-state index in [9.17, 15) is 18.3 Å². The van der Waals surface area contributed by atoms with Crippen LogP contribution in [0.1, 0.15) is 5.56 Å². The van der Waals surface area contributed by atoms with E-state index in [4.69, 9.17) is 4.74 Å². The average Bonchev–Trinajstić information content (AvgIpc) is 2.12. The van der Waals surface area contributed by atoms with Crippen LogP contribution in [0.25, 0.3) is 0 Å². The summed E-state index contributed by atoms with van der Waals surface area (Å²) >= 11 is 0. The van der Waals surface area contributed by atoms with Crippen LogP contribution in [0.4, 0.5) is 13.2 Å². The van der Waals surface area contributed by atoms with Gasteiger partial charge in [-0.25, -0.2) is 0 Å². The lowest BCUT2D eigenvalue weighted by Gasteiger charge is -2.37. The minimum absolute atomic E-state index is 0.0226. The molecule has 1 aliphatic heterocycles. The fourth-order valence-electron chi connectivity index (χ4n) is 1.52. The molecule has 0 aromatic heterocycles. The fraction of sp³-hybridized carbons (Fsp3) is 0.400. The molecule has 1 heterocycles. The Morgan fingerprint density at radius 2 is 1.88 bits per heavy atom. The topological polar surface area (TPSA) is 38.7 Å². The molecule has 0 unspecified atom stereocenters. The van der Waals surface area contributed by atoms with Crippen molar-refractivity contribution in [2.45, 2.75) is 12.0 Å². The summed E-state index contributed by atoms with van der Waals surface area (Å²) < 4.78 is 44.9. The normalized spacial score (nSPS) is 19.0. The standard InChI is InChI=1S/C10H9F3O3/c11-10(12,13)16-8-4-2-1-3-7(8)9(14)5-15-6-9/h1-4,14H,5-6H2. The Morgan fingerprint density at radius 3 is 2.38 bits per heavy atom. The lowest BCUT2D eigenvalue weighted by Crippen LogP contribution is -2.46. The van der Waals surface area contributed by atoms with Crippen molar-refractivity contribution in [1.82, 2.24) is 0 Å². The van der Waals surface area contributed by atoms with Gasteiger partial charge in [-0.05, 0) is 6.07 Å². The lowest BCUT2D eigenvalue weighted by atomic mass is 9.91. The molecule has 1 aliphatic rings. The van der Waals surface area contributed by atoms with Crippen molar-refractivity contribution in [2.75, 3.05) is 13.2 Å². The van der Waals surface area contributed by atoms with Gasteiger partial charge in [0, 0.05) is 5.56 Å². The Balaban J connectivity index is 2.31. The number of hydrogen-bond acceptors (Lipinski definition) is 3. The Hall–Kier alpha value is -1.27. The molecule has 2 rings (SSSR count). The summed E-state index contributed by atoms with van der Waals surface area (Å²) in [5, 5.41) is 9.89. The highest BCUT2D eigenvalue weighted by molar-refractivity contribution is 5.39. The van der Waals surface area contributed by atoms with Crippen LogP contribution in [0.5, 0.6) is 5.75 Å². The van der Waals surface area contributed by atoms with Gasteiger partial charge in [0.15, 0.2) is 0 Å². The van der Waals surface area contributed by atoms with Crippen LogP contribution in [-0.2, 0) is 10.3 Å². The molecule has 1 fully saturated rings. The molecule has 1 aromatic rings. The quantitative estimate of drug-likeness (QED) is 0.848. The molecule has 0 spiro atoms. The summed E-state index contributed by atoms with van der Waals surface area (Å²) in [6.45, 7) is -0.0452. The summed E-state index contributed by atoms with van der Waals surface area (Å²) in [6, 6.07) is 5.50. The molecule has 0 amide bonds. The van der Waals surface area contributed by atoms with Gasteiger partial charge in [-0.1, -0.05) is 18.2 Å². The van der Waals surface area contributed by atoms with Crippen molar-refractivity contribution in [2.24, 2.45) is 0 Å². The SMILES string of the molecule is OC1(c2ccccc2OC(F)(F)F)COC1. The van der Waals surface area contributed by atoms with Gasteiger partial charge < -0.3 is 14.6 Å². The molecule has 88 valence electrons. The first-order chi connectivity index (χ1) is 7.41. The first-order valence-corrected chi connectivity index (χ1v) is 4.56. The van der Waals surface area contributed by atoms with E-state index in [-0.39, 0.29) is 24.5 Å². The molecule has 1 aromatic carbocycles. The van der Waals surface area contributed by atoms with Crippen LogP contribution < -0.4 is 4.74 Å². The van der Waals surface area contributed by atoms with E-state index in [1.165, 1.54) is 24.3 Å². The van der Waals surface area contributed by atoms with E-state index in [2.05, 4.69) is 4.74 Å². The van der Waals surface area contributed by atoms with Crippen LogP contribution >= 0.6 is 0 Å². The van der Waals surface area contributed by atoms with Crippen LogP contribution in [0, 0.1) is 0 Å². The highest BCUT2D eigenvalue weighted by Crippen LogP contribution is 2.37. The van der Waals surface area contributed by atoms with Gasteiger partial charge in [-0.3, -0.25) is 0 Å². The Kier molecular flexibility index (Phi) is 2.55. The van der Waals surface area contributed by atoms with E-state index in [1.807, 2.05) is 0 Å². The van der Waals surface area contributed by atoms with Gasteiger partial charge in [-0.15, -0.1) is 13.2 Å². The van der Waals surface area contributed by atoms with Crippen molar-refractivity contribution in [3.8, 4) is 5.75 Å². The third-order valence-electron chi connectivity index (χ3n) is 2.30. The molecule has 0 saturated carbocycles. The van der Waals surface area contributed by atoms with Crippen molar-refractivity contribution in [3.63, 3.8) is 0 Å². The third-order valence-corrected chi connectivity index (χ3v) is 2.30. The summed E-state index contributed by atoms with van der Waals surface area (Å²) in [7, 11) is 0. The van der Waals surface area contributed by atoms with Crippen molar-refractivity contribution in [1.29, 1.82) is 0 Å². The van der Waals surface area contributed by atoms with Gasteiger partial charge in [0.05, 0.1) is 13.2 Å². The minimum atomic E-state index is -4.77. The predicted octanol–water partition coefficient (Wildman–Crippen LogP) is 1.80. The van der Waals surface area contributed by atoms with Gasteiger partial charge in [0.25, 0.3) is 0 Å². The molecular weight excluding hydrogens is 225 g/mol. The fourth-order valence-corrected chi connectivity index (χ4v) is 1.52. The zero-order chi connectivity index (χ0) is 11.8. The van der Waals surface area contributed by atoms with Gasteiger partial charge in [-0.2, -0.15) is 0 Å². The number of alkyl halides is 3. The summed E-state index contributed by atoms with van der Waals surface area (Å²) in [6.07, 6.45) is -4.77. The summed E-state index contributed by atoms with van der Waals surface area (Å²) in [5.74, 6) is -0.388. The number of hydrogen-bond donors (Lipinski definition) is 1. The molecule has 0 radical (unpaired) electrons. The number of halogens is 3. The van der Waals surface area contributed by atoms with Gasteiger partial charge in [0.1, 0.15) is 11.4 Å². The number of aliphatic hydroxyl groups is 1. The second-order valence-electron chi connectivity index (χ2n) is 3.57. The van der Waals surface area contributed by atoms with Crippen LogP contribution in [-0.4, -0.2) is 24.7 Å². The molecule has 0 aliphatic carbocycles. The van der Waals surface area contributed by atoms with Crippen LogP contribution in [0.3, 0.4) is 0 Å². The molecule has 3 nitrogen and oxygen atoms in total. The minimum Gasteiger partial charge on any atom is -0.405 e. The highest BCUT2D eigenvalue weighted by atomic mass is 19.4. The molecule has 1 saturated heterocycles. The van der Waals surface area contributed by atoms with E-state index >= 15 is 0 Å². The Bertz CT molecular complexity index is 385. The van der Waals surface area contributed by atoms with E-state index in [1.54, 1.807) is 0 Å². The number of para-hydroxylation sites is 1. The van der Waals surface area contributed by atoms with Gasteiger partial charge in [0.2, 0.25) is 0 Å². The third kappa shape index (κ3) is 2.12. The maximum absolute atomic E-state index is 12.1. The van der Waals surface area contributed by atoms with Crippen molar-refractivity contribution in [3.05, 3.63) is 29.8 Å².